The summed E-state index contributed by atoms with van der Waals surface area (Å²) in [4.78, 5) is 18.8. The van der Waals surface area contributed by atoms with Crippen LogP contribution in [-0.2, 0) is 4.74 Å². The van der Waals surface area contributed by atoms with Crippen molar-refractivity contribution in [3.8, 4) is 0 Å². The Balaban J connectivity index is 2.73. The number of hydrogen-bond donors (Lipinski definition) is 0. The van der Waals surface area contributed by atoms with Crippen LogP contribution in [0.2, 0.25) is 0 Å². The number of anilines is 1. The molecular formula is C17H22N2O2. The van der Waals surface area contributed by atoms with Crippen LogP contribution in [0, 0.1) is 6.92 Å². The summed E-state index contributed by atoms with van der Waals surface area (Å²) in [5.41, 5.74) is 3.51. The zero-order valence-electron chi connectivity index (χ0n) is 13.1. The molecule has 1 heterocycles. The van der Waals surface area contributed by atoms with Crippen LogP contribution in [0.5, 0.6) is 0 Å². The van der Waals surface area contributed by atoms with Crippen molar-refractivity contribution < 1.29 is 9.53 Å². The van der Waals surface area contributed by atoms with E-state index in [1.807, 2.05) is 26.0 Å². The predicted octanol–water partition coefficient (Wildman–Crippen LogP) is 3.57. The molecular weight excluding hydrogens is 264 g/mol. The van der Waals surface area contributed by atoms with E-state index in [2.05, 4.69) is 29.8 Å². The number of rotatable bonds is 5. The van der Waals surface area contributed by atoms with E-state index in [0.29, 0.717) is 12.2 Å². The third-order valence-electron chi connectivity index (χ3n) is 3.57. The topological polar surface area (TPSA) is 42.4 Å². The molecule has 0 saturated carbocycles. The van der Waals surface area contributed by atoms with Gasteiger partial charge in [0.1, 0.15) is 5.56 Å². The van der Waals surface area contributed by atoms with Crippen LogP contribution in [0.15, 0.2) is 24.4 Å². The fourth-order valence-electron chi connectivity index (χ4n) is 2.53. The second-order valence-electron chi connectivity index (χ2n) is 4.93. The van der Waals surface area contributed by atoms with Crippen molar-refractivity contribution in [3.05, 3.63) is 35.5 Å². The van der Waals surface area contributed by atoms with Crippen LogP contribution in [0.3, 0.4) is 0 Å². The lowest BCUT2D eigenvalue weighted by Gasteiger charge is -2.25. The number of esters is 1. The number of carbonyl (C=O) groups excluding carboxylic acids is 1. The predicted molar refractivity (Wildman–Crippen MR) is 86.0 cm³/mol. The van der Waals surface area contributed by atoms with Crippen LogP contribution in [0.25, 0.3) is 10.9 Å². The molecule has 0 N–H and O–H groups in total. The number of fused-ring (bicyclic) bond motifs is 1. The molecule has 4 nitrogen and oxygen atoms in total. The number of pyridine rings is 1. The smallest absolute Gasteiger partial charge is 0.341 e. The van der Waals surface area contributed by atoms with Crippen LogP contribution >= 0.6 is 0 Å². The SMILES string of the molecule is CCOC(=O)c1cnc2ccc(C)cc2c1N(CC)CC. The average Bonchev–Trinajstić information content (AvgIpc) is 2.48. The molecule has 0 spiro atoms. The van der Waals surface area contributed by atoms with Crippen molar-refractivity contribution in [2.24, 2.45) is 0 Å². The maximum atomic E-state index is 12.2. The van der Waals surface area contributed by atoms with Gasteiger partial charge in [-0.15, -0.1) is 0 Å². The molecule has 0 aliphatic carbocycles. The van der Waals surface area contributed by atoms with Gasteiger partial charge in [-0.2, -0.15) is 0 Å². The van der Waals surface area contributed by atoms with Gasteiger partial charge in [-0.05, 0) is 39.8 Å². The highest BCUT2D eigenvalue weighted by Gasteiger charge is 2.20. The van der Waals surface area contributed by atoms with Gasteiger partial charge in [0.05, 0.1) is 17.8 Å². The van der Waals surface area contributed by atoms with E-state index in [9.17, 15) is 4.79 Å². The zero-order valence-corrected chi connectivity index (χ0v) is 13.1. The second kappa shape index (κ2) is 6.57. The lowest BCUT2D eigenvalue weighted by Crippen LogP contribution is -2.25. The molecule has 2 rings (SSSR count). The van der Waals surface area contributed by atoms with Gasteiger partial charge in [-0.3, -0.25) is 4.98 Å². The van der Waals surface area contributed by atoms with E-state index >= 15 is 0 Å². The van der Waals surface area contributed by atoms with E-state index in [1.54, 1.807) is 6.20 Å². The summed E-state index contributed by atoms with van der Waals surface area (Å²) < 4.78 is 5.18. The van der Waals surface area contributed by atoms with Crippen LogP contribution < -0.4 is 4.90 Å². The van der Waals surface area contributed by atoms with Crippen molar-refractivity contribution in [1.82, 2.24) is 4.98 Å². The van der Waals surface area contributed by atoms with Gasteiger partial charge in [0.15, 0.2) is 0 Å². The van der Waals surface area contributed by atoms with Crippen molar-refractivity contribution in [1.29, 1.82) is 0 Å². The van der Waals surface area contributed by atoms with Gasteiger partial charge in [-0.25, -0.2) is 4.79 Å². The Labute approximate surface area is 125 Å². The highest BCUT2D eigenvalue weighted by Crippen LogP contribution is 2.30. The fourth-order valence-corrected chi connectivity index (χ4v) is 2.53. The molecule has 0 unspecified atom stereocenters. The highest BCUT2D eigenvalue weighted by atomic mass is 16.5. The molecule has 0 radical (unpaired) electrons. The number of aryl methyl sites for hydroxylation is 1. The fraction of sp³-hybridized carbons (Fsp3) is 0.412. The molecule has 0 bridgehead atoms. The first-order chi connectivity index (χ1) is 10.1. The Bertz CT molecular complexity index is 649. The Kier molecular flexibility index (Phi) is 4.78. The summed E-state index contributed by atoms with van der Waals surface area (Å²) in [5.74, 6) is -0.310. The highest BCUT2D eigenvalue weighted by molar-refractivity contribution is 6.05. The third kappa shape index (κ3) is 2.99. The Morgan fingerprint density at radius 3 is 2.57 bits per heavy atom. The van der Waals surface area contributed by atoms with Crippen molar-refractivity contribution in [2.75, 3.05) is 24.6 Å². The Hall–Kier alpha value is -2.10. The molecule has 2 aromatic rings. The Morgan fingerprint density at radius 1 is 1.24 bits per heavy atom. The lowest BCUT2D eigenvalue weighted by atomic mass is 10.1. The van der Waals surface area contributed by atoms with Gasteiger partial charge in [0.2, 0.25) is 0 Å². The molecule has 0 aliphatic rings. The van der Waals surface area contributed by atoms with E-state index in [1.165, 1.54) is 0 Å². The second-order valence-corrected chi connectivity index (χ2v) is 4.93. The third-order valence-corrected chi connectivity index (χ3v) is 3.57. The summed E-state index contributed by atoms with van der Waals surface area (Å²) in [6, 6.07) is 6.11. The summed E-state index contributed by atoms with van der Waals surface area (Å²) in [6.45, 7) is 10.0. The number of carbonyl (C=O) groups is 1. The molecule has 0 fully saturated rings. The molecule has 112 valence electrons. The maximum Gasteiger partial charge on any atom is 0.341 e. The Morgan fingerprint density at radius 2 is 1.95 bits per heavy atom. The van der Waals surface area contributed by atoms with E-state index < -0.39 is 0 Å². The van der Waals surface area contributed by atoms with Crippen LogP contribution in [0.4, 0.5) is 5.69 Å². The van der Waals surface area contributed by atoms with Crippen molar-refractivity contribution in [3.63, 3.8) is 0 Å². The number of benzene rings is 1. The van der Waals surface area contributed by atoms with Gasteiger partial charge in [-0.1, -0.05) is 11.6 Å². The molecule has 0 saturated heterocycles. The summed E-state index contributed by atoms with van der Waals surface area (Å²) in [7, 11) is 0. The summed E-state index contributed by atoms with van der Waals surface area (Å²) in [5, 5.41) is 1.00. The minimum Gasteiger partial charge on any atom is -0.462 e. The summed E-state index contributed by atoms with van der Waals surface area (Å²) in [6.07, 6.45) is 1.63. The molecule has 0 amide bonds. The monoisotopic (exact) mass is 286 g/mol. The molecule has 21 heavy (non-hydrogen) atoms. The van der Waals surface area contributed by atoms with Crippen LogP contribution in [0.1, 0.15) is 36.7 Å². The van der Waals surface area contributed by atoms with Crippen LogP contribution in [-0.4, -0.2) is 30.6 Å². The largest absolute Gasteiger partial charge is 0.462 e. The number of hydrogen-bond acceptors (Lipinski definition) is 4. The first-order valence-corrected chi connectivity index (χ1v) is 7.43. The molecule has 1 aromatic heterocycles. The average molecular weight is 286 g/mol. The lowest BCUT2D eigenvalue weighted by molar-refractivity contribution is 0.0527. The van der Waals surface area contributed by atoms with Crippen molar-refractivity contribution >= 4 is 22.6 Å². The minimum absolute atomic E-state index is 0.310. The van der Waals surface area contributed by atoms with Gasteiger partial charge in [0, 0.05) is 24.7 Å². The number of nitrogens with zero attached hydrogens (tertiary/aromatic N) is 2. The van der Waals surface area contributed by atoms with Crippen molar-refractivity contribution in [2.45, 2.75) is 27.7 Å². The zero-order chi connectivity index (χ0) is 15.4. The maximum absolute atomic E-state index is 12.2. The quantitative estimate of drug-likeness (QED) is 0.788. The van der Waals surface area contributed by atoms with Gasteiger partial charge < -0.3 is 9.64 Å². The van der Waals surface area contributed by atoms with Gasteiger partial charge in [0.25, 0.3) is 0 Å². The molecule has 0 atom stereocenters. The van der Waals surface area contributed by atoms with E-state index in [0.717, 1.165) is 35.2 Å². The van der Waals surface area contributed by atoms with E-state index in [-0.39, 0.29) is 5.97 Å². The van der Waals surface area contributed by atoms with Gasteiger partial charge >= 0.3 is 5.97 Å². The molecule has 1 aromatic carbocycles. The first kappa shape index (κ1) is 15.3. The standard InChI is InChI=1S/C17H22N2O2/c1-5-19(6-2)16-13-10-12(4)8-9-15(13)18-11-14(16)17(20)21-7-3/h8-11H,5-7H2,1-4H3. The first-order valence-electron chi connectivity index (χ1n) is 7.43. The molecule has 4 heteroatoms. The molecule has 0 aliphatic heterocycles. The number of aromatic nitrogens is 1. The van der Waals surface area contributed by atoms with E-state index in [4.69, 9.17) is 4.74 Å². The summed E-state index contributed by atoms with van der Waals surface area (Å²) >= 11 is 0. The minimum atomic E-state index is -0.310. The number of ether oxygens (including phenoxy) is 1. The normalized spacial score (nSPS) is 10.7.